The van der Waals surface area contributed by atoms with Gasteiger partial charge in [-0.2, -0.15) is 0 Å². The summed E-state index contributed by atoms with van der Waals surface area (Å²) in [6.45, 7) is 6.03. The van der Waals surface area contributed by atoms with Crippen molar-refractivity contribution in [3.8, 4) is 0 Å². The average Bonchev–Trinajstić information content (AvgIpc) is 2.93. The molecule has 2 heterocycles. The third-order valence-corrected chi connectivity index (χ3v) is 3.04. The van der Waals surface area contributed by atoms with Crippen molar-refractivity contribution < 1.29 is 5.11 Å². The van der Waals surface area contributed by atoms with Gasteiger partial charge in [0.05, 0.1) is 0 Å². The maximum absolute atomic E-state index is 9.05. The molecule has 0 radical (unpaired) electrons. The van der Waals surface area contributed by atoms with Gasteiger partial charge in [0.1, 0.15) is 6.54 Å². The number of guanidine groups is 1. The highest BCUT2D eigenvalue weighted by molar-refractivity contribution is 5.79. The van der Waals surface area contributed by atoms with Crippen molar-refractivity contribution >= 4 is 11.6 Å². The average molecular weight is 290 g/mol. The van der Waals surface area contributed by atoms with E-state index in [2.05, 4.69) is 25.8 Å². The van der Waals surface area contributed by atoms with Crippen LogP contribution >= 0.6 is 0 Å². The molecular weight excluding hydrogens is 268 g/mol. The number of rotatable bonds is 6. The standard InChI is InChI=1S/C14H22N6O/c1-3-15-14(16-8-11(2)10-21)17-9-13-19-18-12-6-4-5-7-20(12)13/h4-7,11,21H,3,8-10H2,1-2H3,(H2,15,16,17). The van der Waals surface area contributed by atoms with Gasteiger partial charge < -0.3 is 15.7 Å². The highest BCUT2D eigenvalue weighted by atomic mass is 16.3. The van der Waals surface area contributed by atoms with Crippen LogP contribution in [0.15, 0.2) is 29.4 Å². The van der Waals surface area contributed by atoms with Crippen molar-refractivity contribution in [2.75, 3.05) is 19.7 Å². The van der Waals surface area contributed by atoms with E-state index >= 15 is 0 Å². The van der Waals surface area contributed by atoms with E-state index in [-0.39, 0.29) is 12.5 Å². The molecule has 1 atom stereocenters. The lowest BCUT2D eigenvalue weighted by Crippen LogP contribution is -2.40. The van der Waals surface area contributed by atoms with Crippen molar-refractivity contribution in [2.45, 2.75) is 20.4 Å². The number of hydrogen-bond donors (Lipinski definition) is 3. The molecular formula is C14H22N6O. The molecule has 0 aliphatic carbocycles. The highest BCUT2D eigenvalue weighted by Crippen LogP contribution is 2.03. The van der Waals surface area contributed by atoms with Crippen LogP contribution in [0, 0.1) is 5.92 Å². The lowest BCUT2D eigenvalue weighted by atomic mass is 10.2. The molecule has 1 unspecified atom stereocenters. The summed E-state index contributed by atoms with van der Waals surface area (Å²) in [4.78, 5) is 4.50. The largest absolute Gasteiger partial charge is 0.396 e. The Hall–Kier alpha value is -2.15. The van der Waals surface area contributed by atoms with Crippen LogP contribution in [0.5, 0.6) is 0 Å². The summed E-state index contributed by atoms with van der Waals surface area (Å²) >= 11 is 0. The number of nitrogens with one attached hydrogen (secondary N) is 2. The maximum Gasteiger partial charge on any atom is 0.191 e. The Morgan fingerprint density at radius 2 is 2.24 bits per heavy atom. The molecule has 2 rings (SSSR count). The second-order valence-electron chi connectivity index (χ2n) is 4.91. The van der Waals surface area contributed by atoms with Gasteiger partial charge in [0.15, 0.2) is 17.4 Å². The molecule has 0 saturated carbocycles. The highest BCUT2D eigenvalue weighted by Gasteiger charge is 2.05. The zero-order valence-electron chi connectivity index (χ0n) is 12.5. The molecule has 21 heavy (non-hydrogen) atoms. The van der Waals surface area contributed by atoms with Gasteiger partial charge in [0, 0.05) is 25.9 Å². The molecule has 3 N–H and O–H groups in total. The van der Waals surface area contributed by atoms with Crippen LogP contribution in [0.2, 0.25) is 0 Å². The van der Waals surface area contributed by atoms with Gasteiger partial charge in [-0.3, -0.25) is 4.40 Å². The summed E-state index contributed by atoms with van der Waals surface area (Å²) in [5, 5.41) is 23.7. The summed E-state index contributed by atoms with van der Waals surface area (Å²) in [7, 11) is 0. The van der Waals surface area contributed by atoms with Crippen LogP contribution in [0.25, 0.3) is 5.65 Å². The van der Waals surface area contributed by atoms with Crippen LogP contribution < -0.4 is 10.6 Å². The molecule has 7 heteroatoms. The third-order valence-electron chi connectivity index (χ3n) is 3.04. The second-order valence-corrected chi connectivity index (χ2v) is 4.91. The Morgan fingerprint density at radius 1 is 1.38 bits per heavy atom. The second kappa shape index (κ2) is 7.58. The van der Waals surface area contributed by atoms with Gasteiger partial charge in [0.2, 0.25) is 0 Å². The summed E-state index contributed by atoms with van der Waals surface area (Å²) in [5.41, 5.74) is 0.814. The van der Waals surface area contributed by atoms with Gasteiger partial charge in [0.25, 0.3) is 0 Å². The van der Waals surface area contributed by atoms with Crippen LogP contribution in [0.1, 0.15) is 19.7 Å². The van der Waals surface area contributed by atoms with Crippen LogP contribution in [-0.2, 0) is 6.54 Å². The fourth-order valence-electron chi connectivity index (χ4n) is 1.83. The molecule has 2 aromatic rings. The Labute approximate surface area is 124 Å². The first kappa shape index (κ1) is 15.2. The topological polar surface area (TPSA) is 86.8 Å². The molecule has 0 aliphatic rings. The number of nitrogens with zero attached hydrogens (tertiary/aromatic N) is 4. The Kier molecular flexibility index (Phi) is 5.51. The molecule has 0 saturated heterocycles. The molecule has 0 amide bonds. The van der Waals surface area contributed by atoms with Gasteiger partial charge in [-0.1, -0.05) is 13.0 Å². The molecule has 114 valence electrons. The fraction of sp³-hybridized carbons (Fsp3) is 0.500. The van der Waals surface area contributed by atoms with Gasteiger partial charge in [-0.05, 0) is 25.0 Å². The van der Waals surface area contributed by atoms with Crippen molar-refractivity contribution in [2.24, 2.45) is 10.9 Å². The van der Waals surface area contributed by atoms with Crippen LogP contribution in [0.3, 0.4) is 0 Å². The minimum atomic E-state index is 0.154. The molecule has 7 nitrogen and oxygen atoms in total. The third kappa shape index (κ3) is 4.16. The maximum atomic E-state index is 9.05. The van der Waals surface area contributed by atoms with Crippen LogP contribution in [0.4, 0.5) is 0 Å². The van der Waals surface area contributed by atoms with E-state index in [0.717, 1.165) is 18.0 Å². The number of pyridine rings is 1. The van der Waals surface area contributed by atoms with E-state index < -0.39 is 0 Å². The number of fused-ring (bicyclic) bond motifs is 1. The van der Waals surface area contributed by atoms with E-state index in [4.69, 9.17) is 5.11 Å². The minimum absolute atomic E-state index is 0.154. The zero-order chi connectivity index (χ0) is 15.1. The number of aliphatic hydroxyl groups excluding tert-OH is 1. The summed E-state index contributed by atoms with van der Waals surface area (Å²) in [6.07, 6.45) is 1.92. The smallest absolute Gasteiger partial charge is 0.191 e. The molecule has 2 aromatic heterocycles. The van der Waals surface area contributed by atoms with E-state index in [1.54, 1.807) is 0 Å². The van der Waals surface area contributed by atoms with E-state index in [0.29, 0.717) is 19.0 Å². The summed E-state index contributed by atoms with van der Waals surface area (Å²) in [5.74, 6) is 1.69. The molecule has 0 spiro atoms. The quantitative estimate of drug-likeness (QED) is 0.530. The predicted molar refractivity (Wildman–Crippen MR) is 82.1 cm³/mol. The first-order valence-corrected chi connectivity index (χ1v) is 7.16. The SMILES string of the molecule is CCNC(=NCc1nnc2ccccn12)NCC(C)CO. The number of aromatic nitrogens is 3. The summed E-state index contributed by atoms with van der Waals surface area (Å²) in [6, 6.07) is 5.78. The number of hydrogen-bond acceptors (Lipinski definition) is 4. The van der Waals surface area contributed by atoms with Crippen molar-refractivity contribution in [1.82, 2.24) is 25.2 Å². The van der Waals surface area contributed by atoms with Crippen LogP contribution in [-0.4, -0.2) is 45.4 Å². The molecule has 0 fully saturated rings. The number of aliphatic hydroxyl groups is 1. The molecule has 0 aromatic carbocycles. The van der Waals surface area contributed by atoms with Gasteiger partial charge in [-0.25, -0.2) is 4.99 Å². The fourth-order valence-corrected chi connectivity index (χ4v) is 1.83. The molecule has 0 aliphatic heterocycles. The number of aliphatic imine (C=N–C) groups is 1. The first-order valence-electron chi connectivity index (χ1n) is 7.16. The minimum Gasteiger partial charge on any atom is -0.396 e. The van der Waals surface area contributed by atoms with Crippen molar-refractivity contribution in [1.29, 1.82) is 0 Å². The van der Waals surface area contributed by atoms with Gasteiger partial charge >= 0.3 is 0 Å². The Morgan fingerprint density at radius 3 is 3.00 bits per heavy atom. The predicted octanol–water partition coefficient (Wildman–Crippen LogP) is 0.413. The Bertz CT molecular complexity index is 594. The zero-order valence-corrected chi connectivity index (χ0v) is 12.5. The summed E-state index contributed by atoms with van der Waals surface area (Å²) < 4.78 is 1.92. The van der Waals surface area contributed by atoms with Crippen molar-refractivity contribution in [3.63, 3.8) is 0 Å². The normalized spacial score (nSPS) is 13.4. The van der Waals surface area contributed by atoms with Crippen molar-refractivity contribution in [3.05, 3.63) is 30.2 Å². The molecule has 0 bridgehead atoms. The first-order chi connectivity index (χ1) is 10.2. The van der Waals surface area contributed by atoms with E-state index in [1.807, 2.05) is 42.6 Å². The Balaban J connectivity index is 2.04. The van der Waals surface area contributed by atoms with E-state index in [9.17, 15) is 0 Å². The van der Waals surface area contributed by atoms with Gasteiger partial charge in [-0.15, -0.1) is 10.2 Å². The lowest BCUT2D eigenvalue weighted by molar-refractivity contribution is 0.238. The monoisotopic (exact) mass is 290 g/mol. The lowest BCUT2D eigenvalue weighted by Gasteiger charge is -2.13. The van der Waals surface area contributed by atoms with E-state index in [1.165, 1.54) is 0 Å².